The van der Waals surface area contributed by atoms with Crippen LogP contribution in [0, 0.1) is 19.8 Å². The van der Waals surface area contributed by atoms with Gasteiger partial charge in [0.1, 0.15) is 0 Å². The normalized spacial score (nSPS) is 22.0. The Hall–Kier alpha value is -2.38. The van der Waals surface area contributed by atoms with Crippen molar-refractivity contribution in [3.05, 3.63) is 51.2 Å². The van der Waals surface area contributed by atoms with Gasteiger partial charge in [-0.3, -0.25) is 14.5 Å². The van der Waals surface area contributed by atoms with Gasteiger partial charge >= 0.3 is 5.97 Å². The third-order valence-corrected chi connectivity index (χ3v) is 7.96. The maximum absolute atomic E-state index is 13.2. The van der Waals surface area contributed by atoms with Crippen molar-refractivity contribution in [3.8, 4) is 0 Å². The van der Waals surface area contributed by atoms with Crippen molar-refractivity contribution in [2.24, 2.45) is 5.92 Å². The van der Waals surface area contributed by atoms with Crippen LogP contribution in [0.25, 0.3) is 0 Å². The minimum atomic E-state index is -0.714. The van der Waals surface area contributed by atoms with Gasteiger partial charge in [-0.05, 0) is 57.2 Å². The molecule has 0 spiro atoms. The maximum atomic E-state index is 13.2. The number of carboxylic acids is 1. The van der Waals surface area contributed by atoms with E-state index in [0.29, 0.717) is 12.8 Å². The number of piperazine rings is 1. The second-order valence-corrected chi connectivity index (χ2v) is 10.5. The first kappa shape index (κ1) is 22.8. The van der Waals surface area contributed by atoms with Gasteiger partial charge in [0, 0.05) is 54.2 Å². The fourth-order valence-corrected chi connectivity index (χ4v) is 6.05. The van der Waals surface area contributed by atoms with Gasteiger partial charge in [0.05, 0.1) is 11.5 Å². The first-order valence-corrected chi connectivity index (χ1v) is 12.4. The Morgan fingerprint density at radius 1 is 1.00 bits per heavy atom. The predicted molar refractivity (Wildman–Crippen MR) is 129 cm³/mol. The van der Waals surface area contributed by atoms with Gasteiger partial charge in [0.2, 0.25) is 0 Å². The average molecular weight is 456 g/mol. The molecule has 0 unspecified atom stereocenters. The summed E-state index contributed by atoms with van der Waals surface area (Å²) in [5.74, 6) is -0.976. The number of rotatable bonds is 6. The highest BCUT2D eigenvalue weighted by Crippen LogP contribution is 2.30. The molecule has 7 heteroatoms. The fraction of sp³-hybridized carbons (Fsp3) is 0.520. The zero-order valence-electron chi connectivity index (χ0n) is 19.0. The number of nitrogens with one attached hydrogen (secondary N) is 1. The first-order chi connectivity index (χ1) is 15.4. The standard InChI is InChI=1S/C25H33N3O3S/c1-17-22(16-27-12-14-28(15-13-27)21-6-4-3-5-7-21)23(18(2)32-17)24(29)26-20-10-8-19(9-11-20)25(30)31/h3-7,19-20H,8-16H2,1-2H3,(H,26,29)(H,30,31). The number of aryl methyl sites for hydroxylation is 2. The molecule has 2 aromatic rings. The number of carboxylic acid groups (broad SMARTS) is 1. The Morgan fingerprint density at radius 3 is 2.28 bits per heavy atom. The van der Waals surface area contributed by atoms with Crippen LogP contribution in [-0.4, -0.2) is 54.1 Å². The Bertz CT molecular complexity index is 943. The number of carbonyl (C=O) groups excluding carboxylic acids is 1. The molecule has 2 fully saturated rings. The minimum Gasteiger partial charge on any atom is -0.481 e. The lowest BCUT2D eigenvalue weighted by Gasteiger charge is -2.36. The van der Waals surface area contributed by atoms with E-state index in [1.807, 2.05) is 13.0 Å². The van der Waals surface area contributed by atoms with E-state index in [2.05, 4.69) is 46.3 Å². The molecule has 1 aliphatic heterocycles. The molecule has 1 aromatic carbocycles. The predicted octanol–water partition coefficient (Wildman–Crippen LogP) is 4.06. The summed E-state index contributed by atoms with van der Waals surface area (Å²) in [5.41, 5.74) is 3.25. The number of para-hydroxylation sites is 1. The molecule has 1 aromatic heterocycles. The van der Waals surface area contributed by atoms with Gasteiger partial charge in [0.15, 0.2) is 0 Å². The number of hydrogen-bond acceptors (Lipinski definition) is 5. The van der Waals surface area contributed by atoms with Crippen LogP contribution in [-0.2, 0) is 11.3 Å². The van der Waals surface area contributed by atoms with Gasteiger partial charge in [-0.1, -0.05) is 18.2 Å². The first-order valence-electron chi connectivity index (χ1n) is 11.6. The van der Waals surface area contributed by atoms with Crippen LogP contribution in [0.2, 0.25) is 0 Å². The molecule has 1 saturated heterocycles. The molecular weight excluding hydrogens is 422 g/mol. The van der Waals surface area contributed by atoms with Gasteiger partial charge in [-0.25, -0.2) is 0 Å². The summed E-state index contributed by atoms with van der Waals surface area (Å²) in [7, 11) is 0. The van der Waals surface area contributed by atoms with E-state index in [0.717, 1.165) is 61.6 Å². The van der Waals surface area contributed by atoms with Crippen molar-refractivity contribution in [3.63, 3.8) is 0 Å². The maximum Gasteiger partial charge on any atom is 0.306 e. The number of thiophene rings is 1. The van der Waals surface area contributed by atoms with Gasteiger partial charge < -0.3 is 15.3 Å². The van der Waals surface area contributed by atoms with Crippen LogP contribution in [0.4, 0.5) is 5.69 Å². The van der Waals surface area contributed by atoms with Crippen LogP contribution in [0.5, 0.6) is 0 Å². The molecule has 0 atom stereocenters. The molecule has 1 aliphatic carbocycles. The Balaban J connectivity index is 1.37. The summed E-state index contributed by atoms with van der Waals surface area (Å²) in [6.45, 7) is 8.87. The van der Waals surface area contributed by atoms with Crippen molar-refractivity contribution in [2.75, 3.05) is 31.1 Å². The Morgan fingerprint density at radius 2 is 1.66 bits per heavy atom. The largest absolute Gasteiger partial charge is 0.481 e. The second kappa shape index (κ2) is 10.0. The molecule has 32 heavy (non-hydrogen) atoms. The minimum absolute atomic E-state index is 0.00328. The summed E-state index contributed by atoms with van der Waals surface area (Å²) < 4.78 is 0. The highest BCUT2D eigenvalue weighted by molar-refractivity contribution is 7.12. The Labute approximate surface area is 194 Å². The van der Waals surface area contributed by atoms with E-state index in [1.54, 1.807) is 11.3 Å². The zero-order valence-corrected chi connectivity index (χ0v) is 19.8. The molecule has 2 N–H and O–H groups in total. The molecule has 4 rings (SSSR count). The van der Waals surface area contributed by atoms with Gasteiger partial charge in [0.25, 0.3) is 5.91 Å². The molecule has 1 saturated carbocycles. The topological polar surface area (TPSA) is 72.9 Å². The van der Waals surface area contributed by atoms with E-state index >= 15 is 0 Å². The number of nitrogens with zero attached hydrogens (tertiary/aromatic N) is 2. The van der Waals surface area contributed by atoms with Crippen LogP contribution in [0.1, 0.15) is 51.4 Å². The van der Waals surface area contributed by atoms with E-state index in [4.69, 9.17) is 0 Å². The molecule has 0 radical (unpaired) electrons. The second-order valence-electron chi connectivity index (χ2n) is 9.03. The molecule has 0 bridgehead atoms. The number of benzene rings is 1. The van der Waals surface area contributed by atoms with Crippen LogP contribution < -0.4 is 10.2 Å². The number of hydrogen-bond donors (Lipinski definition) is 2. The Kier molecular flexibility index (Phi) is 7.16. The van der Waals surface area contributed by atoms with Gasteiger partial charge in [-0.15, -0.1) is 11.3 Å². The molecule has 172 valence electrons. The van der Waals surface area contributed by atoms with Crippen LogP contribution >= 0.6 is 11.3 Å². The number of aliphatic carboxylic acids is 1. The van der Waals surface area contributed by atoms with E-state index in [1.165, 1.54) is 10.6 Å². The van der Waals surface area contributed by atoms with Gasteiger partial charge in [-0.2, -0.15) is 0 Å². The lowest BCUT2D eigenvalue weighted by atomic mass is 9.86. The lowest BCUT2D eigenvalue weighted by Crippen LogP contribution is -2.46. The van der Waals surface area contributed by atoms with Crippen LogP contribution in [0.15, 0.2) is 30.3 Å². The molecule has 1 amide bonds. The van der Waals surface area contributed by atoms with E-state index in [9.17, 15) is 14.7 Å². The van der Waals surface area contributed by atoms with Crippen molar-refractivity contribution in [1.82, 2.24) is 10.2 Å². The average Bonchev–Trinajstić information content (AvgIpc) is 3.08. The fourth-order valence-electron chi connectivity index (χ4n) is 4.99. The number of amides is 1. The van der Waals surface area contributed by atoms with Crippen LogP contribution in [0.3, 0.4) is 0 Å². The third-order valence-electron chi connectivity index (χ3n) is 6.90. The van der Waals surface area contributed by atoms with Crippen molar-refractivity contribution >= 4 is 28.9 Å². The molecular formula is C25H33N3O3S. The smallest absolute Gasteiger partial charge is 0.306 e. The summed E-state index contributed by atoms with van der Waals surface area (Å²) >= 11 is 1.70. The highest BCUT2D eigenvalue weighted by atomic mass is 32.1. The summed E-state index contributed by atoms with van der Waals surface area (Å²) in [6, 6.07) is 10.6. The van der Waals surface area contributed by atoms with E-state index in [-0.39, 0.29) is 17.9 Å². The third kappa shape index (κ3) is 5.15. The summed E-state index contributed by atoms with van der Waals surface area (Å²) in [4.78, 5) is 31.6. The molecule has 2 heterocycles. The number of anilines is 1. The summed E-state index contributed by atoms with van der Waals surface area (Å²) in [5, 5.41) is 12.4. The SMILES string of the molecule is Cc1sc(C)c(C(=O)NC2CCC(C(=O)O)CC2)c1CN1CCN(c2ccccc2)CC1. The highest BCUT2D eigenvalue weighted by Gasteiger charge is 2.29. The van der Waals surface area contributed by atoms with E-state index < -0.39 is 5.97 Å². The van der Waals surface area contributed by atoms with Crippen molar-refractivity contribution < 1.29 is 14.7 Å². The van der Waals surface area contributed by atoms with Crippen molar-refractivity contribution in [1.29, 1.82) is 0 Å². The monoisotopic (exact) mass is 455 g/mol. The number of carbonyl (C=O) groups is 2. The zero-order chi connectivity index (χ0) is 22.7. The summed E-state index contributed by atoms with van der Waals surface area (Å²) in [6.07, 6.45) is 2.75. The van der Waals surface area contributed by atoms with Crippen molar-refractivity contribution in [2.45, 2.75) is 52.1 Å². The molecule has 6 nitrogen and oxygen atoms in total. The molecule has 2 aliphatic rings. The quantitative estimate of drug-likeness (QED) is 0.687. The lowest BCUT2D eigenvalue weighted by molar-refractivity contribution is -0.142.